The first kappa shape index (κ1) is 31.9. The number of carbonyl (C=O) groups is 1. The highest BCUT2D eigenvalue weighted by Crippen LogP contribution is 2.42. The standard InChI is InChI=1S/C31H38Cl2F2N4O5/c1-29(2,3)27-26-15-37(10-11-39(26)17-30(41,43-27)19-4-6-24(34)22(32)12-19)28(40)44-31(20-5-7-25(35)23(33)13-20)18-38-9-8-36-14-21(38)16-42-31/h4-7,12-13,21,26-27,36,41H,8-11,14-18H2,1-3H3/t21-,26-,27?,30-,31-/m0/s1. The summed E-state index contributed by atoms with van der Waals surface area (Å²) in [6, 6.07) is 8.18. The van der Waals surface area contributed by atoms with Crippen molar-refractivity contribution in [2.45, 2.75) is 50.5 Å². The molecule has 4 aliphatic heterocycles. The minimum Gasteiger partial charge on any atom is -0.411 e. The molecule has 9 nitrogen and oxygen atoms in total. The maximum absolute atomic E-state index is 14.1. The molecular weight excluding hydrogens is 617 g/mol. The van der Waals surface area contributed by atoms with Gasteiger partial charge in [0.25, 0.3) is 5.79 Å². The van der Waals surface area contributed by atoms with E-state index in [4.69, 9.17) is 37.4 Å². The highest BCUT2D eigenvalue weighted by Gasteiger charge is 2.53. The van der Waals surface area contributed by atoms with Crippen molar-refractivity contribution in [1.82, 2.24) is 20.0 Å². The molecule has 0 aliphatic carbocycles. The van der Waals surface area contributed by atoms with Crippen LogP contribution in [0.15, 0.2) is 36.4 Å². The first-order valence-corrected chi connectivity index (χ1v) is 15.7. The Balaban J connectivity index is 1.24. The van der Waals surface area contributed by atoms with E-state index in [9.17, 15) is 18.7 Å². The maximum atomic E-state index is 14.1. The molecule has 4 saturated heterocycles. The van der Waals surface area contributed by atoms with E-state index in [0.29, 0.717) is 30.8 Å². The van der Waals surface area contributed by atoms with Gasteiger partial charge in [0.1, 0.15) is 11.6 Å². The Morgan fingerprint density at radius 3 is 2.39 bits per heavy atom. The number of hydrogen-bond acceptors (Lipinski definition) is 8. The summed E-state index contributed by atoms with van der Waals surface area (Å²) in [4.78, 5) is 19.9. The molecule has 4 fully saturated rings. The van der Waals surface area contributed by atoms with E-state index in [1.165, 1.54) is 30.3 Å². The molecule has 1 amide bonds. The second-order valence-corrected chi connectivity index (χ2v) is 14.0. The topological polar surface area (TPSA) is 86.7 Å². The summed E-state index contributed by atoms with van der Waals surface area (Å²) in [5.74, 6) is -4.36. The molecule has 0 spiro atoms. The maximum Gasteiger partial charge on any atom is 0.412 e. The predicted molar refractivity (Wildman–Crippen MR) is 160 cm³/mol. The van der Waals surface area contributed by atoms with Crippen LogP contribution < -0.4 is 5.32 Å². The van der Waals surface area contributed by atoms with Gasteiger partial charge in [0.15, 0.2) is 0 Å². The van der Waals surface area contributed by atoms with Crippen molar-refractivity contribution in [2.75, 3.05) is 59.0 Å². The Kier molecular flexibility index (Phi) is 8.64. The number of rotatable bonds is 3. The van der Waals surface area contributed by atoms with Gasteiger partial charge in [-0.2, -0.15) is 0 Å². The van der Waals surface area contributed by atoms with Crippen LogP contribution in [0.25, 0.3) is 0 Å². The molecule has 1 unspecified atom stereocenters. The fourth-order valence-corrected chi connectivity index (χ4v) is 7.06. The molecule has 0 saturated carbocycles. The number of nitrogens with one attached hydrogen (secondary N) is 1. The minimum absolute atomic E-state index is 0.0834. The number of aliphatic hydroxyl groups is 1. The lowest BCUT2D eigenvalue weighted by Crippen LogP contribution is -2.69. The summed E-state index contributed by atoms with van der Waals surface area (Å²) in [6.07, 6.45) is -1.09. The number of amides is 1. The minimum atomic E-state index is -1.73. The first-order valence-electron chi connectivity index (χ1n) is 14.9. The van der Waals surface area contributed by atoms with Crippen molar-refractivity contribution in [1.29, 1.82) is 0 Å². The first-order chi connectivity index (χ1) is 20.8. The fourth-order valence-electron chi connectivity index (χ4n) is 6.70. The summed E-state index contributed by atoms with van der Waals surface area (Å²) in [5, 5.41) is 14.9. The van der Waals surface area contributed by atoms with Crippen molar-refractivity contribution in [2.24, 2.45) is 5.41 Å². The van der Waals surface area contributed by atoms with Gasteiger partial charge in [-0.05, 0) is 35.7 Å². The molecule has 13 heteroatoms. The number of morpholine rings is 2. The van der Waals surface area contributed by atoms with Crippen molar-refractivity contribution in [3.8, 4) is 0 Å². The molecule has 0 aromatic heterocycles. The lowest BCUT2D eigenvalue weighted by molar-refractivity contribution is -0.314. The highest BCUT2D eigenvalue weighted by atomic mass is 35.5. The second kappa shape index (κ2) is 11.9. The van der Waals surface area contributed by atoms with Crippen LogP contribution in [0.3, 0.4) is 0 Å². The van der Waals surface area contributed by atoms with E-state index in [1.54, 1.807) is 11.0 Å². The van der Waals surface area contributed by atoms with Crippen LogP contribution in [0.2, 0.25) is 10.0 Å². The Labute approximate surface area is 265 Å². The van der Waals surface area contributed by atoms with Crippen LogP contribution in [0, 0.1) is 17.0 Å². The number of nitrogens with zero attached hydrogens (tertiary/aromatic N) is 3. The quantitative estimate of drug-likeness (QED) is 0.511. The average Bonchev–Trinajstić information content (AvgIpc) is 2.98. The van der Waals surface area contributed by atoms with Crippen LogP contribution in [0.1, 0.15) is 31.9 Å². The summed E-state index contributed by atoms with van der Waals surface area (Å²) < 4.78 is 47.0. The molecule has 2 aromatic carbocycles. The number of halogens is 4. The third-order valence-corrected chi connectivity index (χ3v) is 9.69. The van der Waals surface area contributed by atoms with E-state index < -0.39 is 40.8 Å². The van der Waals surface area contributed by atoms with E-state index in [1.807, 2.05) is 20.8 Å². The van der Waals surface area contributed by atoms with Gasteiger partial charge in [0.05, 0.1) is 41.9 Å². The molecule has 0 radical (unpaired) electrons. The molecular formula is C31H38Cl2F2N4O5. The molecule has 5 atom stereocenters. The molecule has 2 aromatic rings. The van der Waals surface area contributed by atoms with Gasteiger partial charge in [-0.25, -0.2) is 13.6 Å². The van der Waals surface area contributed by atoms with Crippen molar-refractivity contribution < 1.29 is 32.9 Å². The van der Waals surface area contributed by atoms with E-state index in [2.05, 4.69) is 15.1 Å². The van der Waals surface area contributed by atoms with Gasteiger partial charge in [-0.1, -0.05) is 50.0 Å². The third-order valence-electron chi connectivity index (χ3n) is 9.11. The number of fused-ring (bicyclic) bond motifs is 2. The zero-order valence-electron chi connectivity index (χ0n) is 25.0. The molecule has 44 heavy (non-hydrogen) atoms. The van der Waals surface area contributed by atoms with Gasteiger partial charge < -0.3 is 29.5 Å². The number of ether oxygens (including phenoxy) is 3. The van der Waals surface area contributed by atoms with E-state index in [-0.39, 0.29) is 41.8 Å². The summed E-state index contributed by atoms with van der Waals surface area (Å²) in [7, 11) is 0. The Bertz CT molecular complexity index is 1420. The third kappa shape index (κ3) is 6.05. The number of piperazine rings is 2. The fraction of sp³-hybridized carbons (Fsp3) is 0.581. The zero-order chi connectivity index (χ0) is 31.4. The van der Waals surface area contributed by atoms with E-state index in [0.717, 1.165) is 19.6 Å². The lowest BCUT2D eigenvalue weighted by Gasteiger charge is -2.55. The highest BCUT2D eigenvalue weighted by molar-refractivity contribution is 6.31. The van der Waals surface area contributed by atoms with Gasteiger partial charge in [0, 0.05) is 56.4 Å². The van der Waals surface area contributed by atoms with Crippen LogP contribution in [-0.4, -0.2) is 103 Å². The van der Waals surface area contributed by atoms with E-state index >= 15 is 0 Å². The Morgan fingerprint density at radius 2 is 1.70 bits per heavy atom. The molecule has 2 N–H and O–H groups in total. The summed E-state index contributed by atoms with van der Waals surface area (Å²) in [5.41, 5.74) is 0.382. The number of carbonyl (C=O) groups excluding carboxylic acids is 1. The van der Waals surface area contributed by atoms with Gasteiger partial charge in [-0.3, -0.25) is 9.80 Å². The number of hydrogen-bond donors (Lipinski definition) is 2. The van der Waals surface area contributed by atoms with Gasteiger partial charge >= 0.3 is 6.09 Å². The molecule has 0 bridgehead atoms. The molecule has 4 aliphatic rings. The average molecular weight is 656 g/mol. The normalized spacial score (nSPS) is 31.7. The SMILES string of the molecule is CC(C)(C)C1O[C@](O)(c2ccc(F)c(Cl)c2)CN2CCN(C(=O)O[C@]3(c4ccc(F)c(Cl)c4)CN4CCNC[C@H]4CO3)C[C@@H]12. The second-order valence-electron chi connectivity index (χ2n) is 13.2. The predicted octanol–water partition coefficient (Wildman–Crippen LogP) is 4.14. The van der Waals surface area contributed by atoms with Crippen molar-refractivity contribution in [3.63, 3.8) is 0 Å². The molecule has 240 valence electrons. The van der Waals surface area contributed by atoms with Crippen LogP contribution >= 0.6 is 23.2 Å². The van der Waals surface area contributed by atoms with Gasteiger partial charge in [0.2, 0.25) is 5.79 Å². The zero-order valence-corrected chi connectivity index (χ0v) is 26.5. The van der Waals surface area contributed by atoms with Crippen LogP contribution in [0.4, 0.5) is 13.6 Å². The van der Waals surface area contributed by atoms with Gasteiger partial charge in [-0.15, -0.1) is 0 Å². The van der Waals surface area contributed by atoms with Crippen LogP contribution in [0.5, 0.6) is 0 Å². The molecule has 6 rings (SSSR count). The summed E-state index contributed by atoms with van der Waals surface area (Å²) in [6.45, 7) is 10.0. The van der Waals surface area contributed by atoms with Crippen molar-refractivity contribution >= 4 is 29.3 Å². The lowest BCUT2D eigenvalue weighted by atomic mass is 9.81. The molecule has 4 heterocycles. The Morgan fingerprint density at radius 1 is 1.02 bits per heavy atom. The largest absolute Gasteiger partial charge is 0.412 e. The Hall–Kier alpha value is -2.09. The van der Waals surface area contributed by atoms with Crippen molar-refractivity contribution in [3.05, 3.63) is 69.2 Å². The number of benzene rings is 2. The summed E-state index contributed by atoms with van der Waals surface area (Å²) >= 11 is 12.2. The smallest absolute Gasteiger partial charge is 0.411 e. The van der Waals surface area contributed by atoms with Crippen LogP contribution in [-0.2, 0) is 25.8 Å². The monoisotopic (exact) mass is 654 g/mol.